The van der Waals surface area contributed by atoms with E-state index in [0.29, 0.717) is 18.0 Å². The number of anilines is 1. The predicted octanol–water partition coefficient (Wildman–Crippen LogP) is 4.15. The van der Waals surface area contributed by atoms with Crippen molar-refractivity contribution in [3.63, 3.8) is 0 Å². The molecule has 24 heavy (non-hydrogen) atoms. The number of nitrogens with two attached hydrogens (primary N) is 1. The molecule has 0 saturated heterocycles. The first kappa shape index (κ1) is 16.1. The molecule has 3 aromatic rings. The van der Waals surface area contributed by atoms with Gasteiger partial charge in [0.15, 0.2) is 11.5 Å². The predicted molar refractivity (Wildman–Crippen MR) is 97.7 cm³/mol. The second kappa shape index (κ2) is 7.21. The van der Waals surface area contributed by atoms with Crippen molar-refractivity contribution in [2.45, 2.75) is 19.8 Å². The van der Waals surface area contributed by atoms with E-state index in [2.05, 4.69) is 29.2 Å². The number of ether oxygens (including phenoxy) is 2. The summed E-state index contributed by atoms with van der Waals surface area (Å²) >= 11 is 0. The van der Waals surface area contributed by atoms with Gasteiger partial charge in [-0.15, -0.1) is 0 Å². The van der Waals surface area contributed by atoms with Crippen LogP contribution in [0.5, 0.6) is 11.5 Å². The Morgan fingerprint density at radius 3 is 2.67 bits per heavy atom. The Labute approximate surface area is 142 Å². The molecule has 2 aromatic carbocycles. The van der Waals surface area contributed by atoms with E-state index in [1.54, 1.807) is 19.4 Å². The number of nitrogen functional groups attached to an aromatic ring is 1. The van der Waals surface area contributed by atoms with Crippen molar-refractivity contribution >= 4 is 16.6 Å². The lowest BCUT2D eigenvalue weighted by molar-refractivity contribution is 0.293. The lowest BCUT2D eigenvalue weighted by Crippen LogP contribution is -2.04. The third-order valence-corrected chi connectivity index (χ3v) is 4.09. The molecule has 2 N–H and O–H groups in total. The fraction of sp³-hybridized carbons (Fsp3) is 0.250. The van der Waals surface area contributed by atoms with Crippen LogP contribution in [-0.2, 0) is 6.42 Å². The Morgan fingerprint density at radius 2 is 1.92 bits per heavy atom. The van der Waals surface area contributed by atoms with Crippen molar-refractivity contribution in [1.82, 2.24) is 4.98 Å². The van der Waals surface area contributed by atoms with E-state index >= 15 is 0 Å². The van der Waals surface area contributed by atoms with Crippen LogP contribution in [0.1, 0.15) is 17.5 Å². The van der Waals surface area contributed by atoms with Crippen molar-refractivity contribution in [1.29, 1.82) is 0 Å². The van der Waals surface area contributed by atoms with Crippen LogP contribution in [0.3, 0.4) is 0 Å². The molecular weight excluding hydrogens is 300 g/mol. The number of nitrogens with zero attached hydrogens (tertiary/aromatic N) is 1. The molecule has 4 heteroatoms. The second-order valence-electron chi connectivity index (χ2n) is 5.79. The van der Waals surface area contributed by atoms with Crippen LogP contribution < -0.4 is 15.2 Å². The highest BCUT2D eigenvalue weighted by Gasteiger charge is 2.15. The van der Waals surface area contributed by atoms with Gasteiger partial charge in [0, 0.05) is 12.3 Å². The van der Waals surface area contributed by atoms with Gasteiger partial charge in [-0.2, -0.15) is 0 Å². The molecule has 0 atom stereocenters. The molecule has 0 aliphatic carbocycles. The Kier molecular flexibility index (Phi) is 4.85. The lowest BCUT2D eigenvalue weighted by atomic mass is 10.1. The summed E-state index contributed by atoms with van der Waals surface area (Å²) in [5.41, 5.74) is 9.85. The number of hydrogen-bond acceptors (Lipinski definition) is 4. The van der Waals surface area contributed by atoms with Crippen molar-refractivity contribution in [2.75, 3.05) is 19.5 Å². The van der Waals surface area contributed by atoms with E-state index in [1.807, 2.05) is 19.1 Å². The largest absolute Gasteiger partial charge is 0.493 e. The van der Waals surface area contributed by atoms with Gasteiger partial charge < -0.3 is 15.2 Å². The highest BCUT2D eigenvalue weighted by atomic mass is 16.5. The zero-order valence-corrected chi connectivity index (χ0v) is 14.1. The second-order valence-corrected chi connectivity index (χ2v) is 5.79. The van der Waals surface area contributed by atoms with Gasteiger partial charge in [0.1, 0.15) is 0 Å². The number of methoxy groups -OCH3 is 1. The highest BCUT2D eigenvalue weighted by Crippen LogP contribution is 2.40. The first-order chi connectivity index (χ1) is 11.7. The number of aromatic nitrogens is 1. The van der Waals surface area contributed by atoms with Gasteiger partial charge >= 0.3 is 0 Å². The Balaban J connectivity index is 1.81. The molecule has 0 aliphatic heterocycles. The Morgan fingerprint density at radius 1 is 1.12 bits per heavy atom. The van der Waals surface area contributed by atoms with Gasteiger partial charge in [-0.05, 0) is 37.0 Å². The minimum atomic E-state index is 0.599. The molecule has 0 saturated carbocycles. The number of hydrogen-bond donors (Lipinski definition) is 1. The lowest BCUT2D eigenvalue weighted by Gasteiger charge is -2.16. The summed E-state index contributed by atoms with van der Waals surface area (Å²) in [6, 6.07) is 14.1. The molecule has 0 bridgehead atoms. The quantitative estimate of drug-likeness (QED) is 0.547. The molecule has 0 unspecified atom stereocenters. The summed E-state index contributed by atoms with van der Waals surface area (Å²) in [5.74, 6) is 1.37. The van der Waals surface area contributed by atoms with E-state index in [0.717, 1.165) is 35.1 Å². The zero-order valence-electron chi connectivity index (χ0n) is 14.1. The minimum Gasteiger partial charge on any atom is -0.493 e. The summed E-state index contributed by atoms with van der Waals surface area (Å²) in [4.78, 5) is 4.39. The molecule has 1 aromatic heterocycles. The van der Waals surface area contributed by atoms with E-state index in [4.69, 9.17) is 15.2 Å². The maximum absolute atomic E-state index is 6.10. The van der Waals surface area contributed by atoms with Crippen molar-refractivity contribution < 1.29 is 9.47 Å². The molecule has 0 spiro atoms. The van der Waals surface area contributed by atoms with Crippen LogP contribution in [0.2, 0.25) is 0 Å². The smallest absolute Gasteiger partial charge is 0.170 e. The molecule has 0 amide bonds. The Hall–Kier alpha value is -2.75. The molecule has 0 fully saturated rings. The zero-order chi connectivity index (χ0) is 16.9. The molecule has 4 nitrogen and oxygen atoms in total. The maximum atomic E-state index is 6.10. The molecule has 0 aliphatic rings. The van der Waals surface area contributed by atoms with Gasteiger partial charge in [0.25, 0.3) is 0 Å². The monoisotopic (exact) mass is 322 g/mol. The first-order valence-electron chi connectivity index (χ1n) is 8.09. The fourth-order valence-corrected chi connectivity index (χ4v) is 2.85. The maximum Gasteiger partial charge on any atom is 0.170 e. The third kappa shape index (κ3) is 3.27. The van der Waals surface area contributed by atoms with E-state index in [1.165, 1.54) is 5.56 Å². The summed E-state index contributed by atoms with van der Waals surface area (Å²) in [6.07, 6.45) is 3.67. The minimum absolute atomic E-state index is 0.599. The van der Waals surface area contributed by atoms with Gasteiger partial charge in [0.2, 0.25) is 0 Å². The van der Waals surface area contributed by atoms with Gasteiger partial charge in [-0.1, -0.05) is 30.3 Å². The van der Waals surface area contributed by atoms with Crippen LogP contribution in [0.4, 0.5) is 5.69 Å². The van der Waals surface area contributed by atoms with E-state index in [9.17, 15) is 0 Å². The number of pyridine rings is 1. The van der Waals surface area contributed by atoms with Crippen molar-refractivity contribution in [3.05, 3.63) is 59.8 Å². The number of rotatable bonds is 6. The highest BCUT2D eigenvalue weighted by molar-refractivity contribution is 5.98. The van der Waals surface area contributed by atoms with Gasteiger partial charge in [0.05, 0.1) is 30.3 Å². The summed E-state index contributed by atoms with van der Waals surface area (Å²) < 4.78 is 11.6. The molecular formula is C20H22N2O2. The normalized spacial score (nSPS) is 10.8. The van der Waals surface area contributed by atoms with Crippen molar-refractivity contribution in [2.24, 2.45) is 0 Å². The summed E-state index contributed by atoms with van der Waals surface area (Å²) in [7, 11) is 1.63. The number of aryl methyl sites for hydroxylation is 2. The van der Waals surface area contributed by atoms with Crippen LogP contribution >= 0.6 is 0 Å². The van der Waals surface area contributed by atoms with E-state index in [-0.39, 0.29) is 0 Å². The van der Waals surface area contributed by atoms with Crippen LogP contribution in [0, 0.1) is 6.92 Å². The molecule has 1 heterocycles. The first-order valence-corrected chi connectivity index (χ1v) is 8.09. The Bertz CT molecular complexity index is 832. The topological polar surface area (TPSA) is 57.4 Å². The average molecular weight is 322 g/mol. The van der Waals surface area contributed by atoms with Crippen LogP contribution in [-0.4, -0.2) is 18.7 Å². The summed E-state index contributed by atoms with van der Waals surface area (Å²) in [6.45, 7) is 2.64. The van der Waals surface area contributed by atoms with Gasteiger partial charge in [-0.3, -0.25) is 4.98 Å². The summed E-state index contributed by atoms with van der Waals surface area (Å²) in [5, 5.41) is 0.925. The van der Waals surface area contributed by atoms with Gasteiger partial charge in [-0.25, -0.2) is 0 Å². The van der Waals surface area contributed by atoms with E-state index < -0.39 is 0 Å². The SMILES string of the molecule is COc1cc(N)c2nccc(C)c2c1OCCCc1ccccc1. The van der Waals surface area contributed by atoms with Crippen LogP contribution in [0.15, 0.2) is 48.7 Å². The standard InChI is InChI=1S/C20H22N2O2/c1-14-10-11-22-19-16(21)13-17(23-2)20(18(14)19)24-12-6-9-15-7-4-3-5-8-15/h3-5,7-8,10-11,13H,6,9,12,21H2,1-2H3. The van der Waals surface area contributed by atoms with Crippen LogP contribution in [0.25, 0.3) is 10.9 Å². The third-order valence-electron chi connectivity index (χ3n) is 4.09. The molecule has 124 valence electrons. The molecule has 0 radical (unpaired) electrons. The number of fused-ring (bicyclic) bond motifs is 1. The fourth-order valence-electron chi connectivity index (χ4n) is 2.85. The number of benzene rings is 2. The van der Waals surface area contributed by atoms with Crippen molar-refractivity contribution in [3.8, 4) is 11.5 Å². The molecule has 3 rings (SSSR count). The average Bonchev–Trinajstić information content (AvgIpc) is 2.61.